The topological polar surface area (TPSA) is 100 Å². The van der Waals surface area contributed by atoms with E-state index in [0.29, 0.717) is 6.54 Å². The normalized spacial score (nSPS) is 21.4. The van der Waals surface area contributed by atoms with Crippen LogP contribution < -0.4 is 5.73 Å². The molecule has 1 aromatic rings. The number of nitrogens with zero attached hydrogens (tertiary/aromatic N) is 3. The van der Waals surface area contributed by atoms with Crippen LogP contribution >= 0.6 is 0 Å². The molecule has 1 fully saturated rings. The van der Waals surface area contributed by atoms with Gasteiger partial charge in [0, 0.05) is 25.3 Å². The Bertz CT molecular complexity index is 579. The second kappa shape index (κ2) is 5.02. The number of pyridine rings is 1. The fourth-order valence-electron chi connectivity index (χ4n) is 2.00. The summed E-state index contributed by atoms with van der Waals surface area (Å²) in [6, 6.07) is 4.69. The maximum atomic E-state index is 12.4. The van der Waals surface area contributed by atoms with Gasteiger partial charge in [0.2, 0.25) is 0 Å². The molecule has 0 aliphatic carbocycles. The Hall–Kier alpha value is -1.49. The summed E-state index contributed by atoms with van der Waals surface area (Å²) in [5.74, 6) is 0. The average Bonchev–Trinajstić information content (AvgIpc) is 2.38. The molecular weight excluding hydrogens is 252 g/mol. The molecule has 18 heavy (non-hydrogen) atoms. The summed E-state index contributed by atoms with van der Waals surface area (Å²) in [4.78, 5) is 3.83. The SMILES string of the molecule is N#Cc1cccnc1S(=O)(=O)N1CCCC(N)C1. The van der Waals surface area contributed by atoms with E-state index in [4.69, 9.17) is 11.0 Å². The van der Waals surface area contributed by atoms with E-state index in [1.807, 2.05) is 6.07 Å². The first kappa shape index (κ1) is 13.0. The molecule has 0 bridgehead atoms. The Morgan fingerprint density at radius 1 is 1.56 bits per heavy atom. The van der Waals surface area contributed by atoms with Crippen LogP contribution in [-0.2, 0) is 10.0 Å². The molecule has 0 radical (unpaired) electrons. The van der Waals surface area contributed by atoms with Crippen LogP contribution in [0.5, 0.6) is 0 Å². The molecule has 96 valence electrons. The molecule has 1 saturated heterocycles. The first-order valence-electron chi connectivity index (χ1n) is 5.66. The Morgan fingerprint density at radius 3 is 3.00 bits per heavy atom. The van der Waals surface area contributed by atoms with Gasteiger partial charge in [-0.3, -0.25) is 0 Å². The number of sulfonamides is 1. The second-order valence-corrected chi connectivity index (χ2v) is 6.09. The van der Waals surface area contributed by atoms with E-state index in [0.717, 1.165) is 12.8 Å². The minimum Gasteiger partial charge on any atom is -0.327 e. The van der Waals surface area contributed by atoms with Crippen LogP contribution in [0.1, 0.15) is 18.4 Å². The van der Waals surface area contributed by atoms with Crippen molar-refractivity contribution >= 4 is 10.0 Å². The number of hydrogen-bond acceptors (Lipinski definition) is 5. The molecule has 1 atom stereocenters. The third-order valence-electron chi connectivity index (χ3n) is 2.90. The molecule has 0 aromatic carbocycles. The van der Waals surface area contributed by atoms with Crippen LogP contribution in [0.2, 0.25) is 0 Å². The van der Waals surface area contributed by atoms with Gasteiger partial charge in [-0.15, -0.1) is 0 Å². The maximum Gasteiger partial charge on any atom is 0.261 e. The number of nitrogens with two attached hydrogens (primary N) is 1. The van der Waals surface area contributed by atoms with Crippen LogP contribution in [0.25, 0.3) is 0 Å². The highest BCUT2D eigenvalue weighted by Gasteiger charge is 2.31. The fourth-order valence-corrected chi connectivity index (χ4v) is 3.58. The third kappa shape index (κ3) is 2.36. The minimum absolute atomic E-state index is 0.0663. The molecule has 1 aliphatic heterocycles. The van der Waals surface area contributed by atoms with Crippen molar-refractivity contribution in [2.45, 2.75) is 23.9 Å². The zero-order chi connectivity index (χ0) is 13.2. The minimum atomic E-state index is -3.72. The summed E-state index contributed by atoms with van der Waals surface area (Å²) in [5, 5.41) is 8.76. The Morgan fingerprint density at radius 2 is 2.33 bits per heavy atom. The van der Waals surface area contributed by atoms with Crippen molar-refractivity contribution < 1.29 is 8.42 Å². The lowest BCUT2D eigenvalue weighted by atomic mass is 10.1. The second-order valence-electron chi connectivity index (χ2n) is 4.23. The van der Waals surface area contributed by atoms with Crippen molar-refractivity contribution in [1.82, 2.24) is 9.29 Å². The van der Waals surface area contributed by atoms with Crippen LogP contribution in [0.4, 0.5) is 0 Å². The first-order valence-corrected chi connectivity index (χ1v) is 7.10. The average molecular weight is 266 g/mol. The molecular formula is C11H14N4O2S. The molecule has 2 N–H and O–H groups in total. The van der Waals surface area contributed by atoms with Crippen LogP contribution in [-0.4, -0.2) is 36.8 Å². The van der Waals surface area contributed by atoms with Crippen molar-refractivity contribution in [2.75, 3.05) is 13.1 Å². The molecule has 6 nitrogen and oxygen atoms in total. The number of rotatable bonds is 2. The smallest absolute Gasteiger partial charge is 0.261 e. The Labute approximate surface area is 106 Å². The fraction of sp³-hybridized carbons (Fsp3) is 0.455. The molecule has 0 saturated carbocycles. The third-order valence-corrected chi connectivity index (χ3v) is 4.72. The van der Waals surface area contributed by atoms with E-state index in [-0.39, 0.29) is 23.2 Å². The number of hydrogen-bond donors (Lipinski definition) is 1. The zero-order valence-electron chi connectivity index (χ0n) is 9.78. The van der Waals surface area contributed by atoms with E-state index < -0.39 is 10.0 Å². The van der Waals surface area contributed by atoms with Gasteiger partial charge in [-0.25, -0.2) is 13.4 Å². The maximum absolute atomic E-state index is 12.4. The van der Waals surface area contributed by atoms with Gasteiger partial charge in [0.1, 0.15) is 6.07 Å². The molecule has 0 amide bonds. The predicted molar refractivity (Wildman–Crippen MR) is 64.9 cm³/mol. The predicted octanol–water partition coefficient (Wildman–Crippen LogP) is 0.0651. The van der Waals surface area contributed by atoms with Gasteiger partial charge in [-0.1, -0.05) is 0 Å². The zero-order valence-corrected chi connectivity index (χ0v) is 10.6. The van der Waals surface area contributed by atoms with Gasteiger partial charge >= 0.3 is 0 Å². The summed E-state index contributed by atoms with van der Waals surface area (Å²) in [6.45, 7) is 0.710. The lowest BCUT2D eigenvalue weighted by Gasteiger charge is -2.29. The molecule has 1 aliphatic rings. The standard InChI is InChI=1S/C11H14N4O2S/c12-7-9-3-1-5-14-11(9)18(16,17)15-6-2-4-10(13)8-15/h1,3,5,10H,2,4,6,8,13H2. The highest BCUT2D eigenvalue weighted by molar-refractivity contribution is 7.89. The van der Waals surface area contributed by atoms with Gasteiger partial charge in [-0.2, -0.15) is 9.57 Å². The van der Waals surface area contributed by atoms with Crippen LogP contribution in [0.15, 0.2) is 23.4 Å². The van der Waals surface area contributed by atoms with Gasteiger partial charge < -0.3 is 5.73 Å². The van der Waals surface area contributed by atoms with E-state index >= 15 is 0 Å². The van der Waals surface area contributed by atoms with Crippen molar-refractivity contribution in [3.8, 4) is 6.07 Å². The summed E-state index contributed by atoms with van der Waals surface area (Å²) in [5.41, 5.74) is 5.85. The Balaban J connectivity index is 2.39. The van der Waals surface area contributed by atoms with Gasteiger partial charge in [-0.05, 0) is 25.0 Å². The van der Waals surface area contributed by atoms with E-state index in [9.17, 15) is 8.42 Å². The van der Waals surface area contributed by atoms with Gasteiger partial charge in [0.15, 0.2) is 5.03 Å². The van der Waals surface area contributed by atoms with Gasteiger partial charge in [0.25, 0.3) is 10.0 Å². The van der Waals surface area contributed by atoms with E-state index in [1.54, 1.807) is 6.07 Å². The highest BCUT2D eigenvalue weighted by atomic mass is 32.2. The number of aromatic nitrogens is 1. The van der Waals surface area contributed by atoms with E-state index in [2.05, 4.69) is 4.98 Å². The Kier molecular flexibility index (Phi) is 3.61. The van der Waals surface area contributed by atoms with Crippen LogP contribution in [0.3, 0.4) is 0 Å². The van der Waals surface area contributed by atoms with Crippen molar-refractivity contribution in [3.63, 3.8) is 0 Å². The monoisotopic (exact) mass is 266 g/mol. The van der Waals surface area contributed by atoms with Crippen molar-refractivity contribution in [3.05, 3.63) is 23.9 Å². The van der Waals surface area contributed by atoms with Gasteiger partial charge in [0.05, 0.1) is 5.56 Å². The van der Waals surface area contributed by atoms with Crippen molar-refractivity contribution in [1.29, 1.82) is 5.26 Å². The number of nitriles is 1. The van der Waals surface area contributed by atoms with Crippen LogP contribution in [0, 0.1) is 11.3 Å². The molecule has 7 heteroatoms. The first-order chi connectivity index (χ1) is 8.55. The lowest BCUT2D eigenvalue weighted by molar-refractivity contribution is 0.315. The molecule has 0 spiro atoms. The highest BCUT2D eigenvalue weighted by Crippen LogP contribution is 2.20. The summed E-state index contributed by atoms with van der Waals surface area (Å²) >= 11 is 0. The van der Waals surface area contributed by atoms with Crippen molar-refractivity contribution in [2.24, 2.45) is 5.73 Å². The number of piperidine rings is 1. The molecule has 1 unspecified atom stereocenters. The summed E-state index contributed by atoms with van der Waals surface area (Å²) < 4.78 is 26.0. The molecule has 1 aromatic heterocycles. The summed E-state index contributed by atoms with van der Waals surface area (Å²) in [7, 11) is -3.72. The molecule has 2 heterocycles. The van der Waals surface area contributed by atoms with E-state index in [1.165, 1.54) is 16.6 Å². The quantitative estimate of drug-likeness (QED) is 0.816. The lowest BCUT2D eigenvalue weighted by Crippen LogP contribution is -2.45. The largest absolute Gasteiger partial charge is 0.327 e. The molecule has 2 rings (SSSR count). The summed E-state index contributed by atoms with van der Waals surface area (Å²) in [6.07, 6.45) is 2.92.